The summed E-state index contributed by atoms with van der Waals surface area (Å²) in [6.45, 7) is 0. The van der Waals surface area contributed by atoms with E-state index in [0.717, 1.165) is 0 Å². The van der Waals surface area contributed by atoms with Crippen LogP contribution in [0.1, 0.15) is 17.2 Å². The van der Waals surface area contributed by atoms with Gasteiger partial charge in [-0.2, -0.15) is 0 Å². The molecule has 88 valence electrons. The summed E-state index contributed by atoms with van der Waals surface area (Å²) < 4.78 is 22.6. The SMILES string of the molecule is NC(=O)CC(c1ccc(Cl)cc1)S(N)(=O)=O. The summed E-state index contributed by atoms with van der Waals surface area (Å²) in [5, 5.41) is 4.38. The van der Waals surface area contributed by atoms with Gasteiger partial charge in [-0.25, -0.2) is 13.6 Å². The van der Waals surface area contributed by atoms with E-state index in [4.69, 9.17) is 22.5 Å². The van der Waals surface area contributed by atoms with E-state index < -0.39 is 21.2 Å². The molecule has 1 amide bonds. The number of carbonyl (C=O) groups excluding carboxylic acids is 1. The molecular weight excluding hydrogens is 252 g/mol. The molecule has 4 N–H and O–H groups in total. The van der Waals surface area contributed by atoms with E-state index in [0.29, 0.717) is 10.6 Å². The van der Waals surface area contributed by atoms with Crippen molar-refractivity contribution in [2.75, 3.05) is 0 Å². The highest BCUT2D eigenvalue weighted by Crippen LogP contribution is 2.24. The molecule has 0 heterocycles. The average molecular weight is 263 g/mol. The van der Waals surface area contributed by atoms with Gasteiger partial charge in [-0.3, -0.25) is 4.79 Å². The third-order valence-corrected chi connectivity index (χ3v) is 3.51. The molecule has 1 unspecified atom stereocenters. The predicted octanol–water partition coefficient (Wildman–Crippen LogP) is 0.545. The van der Waals surface area contributed by atoms with Gasteiger partial charge < -0.3 is 5.73 Å². The summed E-state index contributed by atoms with van der Waals surface area (Å²) in [6, 6.07) is 6.05. The molecule has 0 bridgehead atoms. The first-order valence-electron chi connectivity index (χ1n) is 4.36. The second kappa shape index (κ2) is 4.82. The molecule has 0 spiro atoms. The van der Waals surface area contributed by atoms with Crippen LogP contribution in [0.15, 0.2) is 24.3 Å². The number of primary amides is 1. The van der Waals surface area contributed by atoms with Crippen LogP contribution in [0.25, 0.3) is 0 Å². The molecule has 0 aromatic heterocycles. The zero-order valence-electron chi connectivity index (χ0n) is 8.26. The fourth-order valence-corrected chi connectivity index (χ4v) is 2.34. The Morgan fingerprint density at radius 2 is 1.81 bits per heavy atom. The van der Waals surface area contributed by atoms with Gasteiger partial charge in [-0.05, 0) is 17.7 Å². The number of benzene rings is 1. The van der Waals surface area contributed by atoms with Crippen LogP contribution in [0.5, 0.6) is 0 Å². The van der Waals surface area contributed by atoms with Crippen molar-refractivity contribution in [1.82, 2.24) is 0 Å². The number of amides is 1. The van der Waals surface area contributed by atoms with E-state index in [1.807, 2.05) is 0 Å². The summed E-state index contributed by atoms with van der Waals surface area (Å²) in [5.41, 5.74) is 5.37. The zero-order chi connectivity index (χ0) is 12.3. The second-order valence-electron chi connectivity index (χ2n) is 3.30. The van der Waals surface area contributed by atoms with E-state index in [-0.39, 0.29) is 6.42 Å². The first kappa shape index (κ1) is 13.0. The van der Waals surface area contributed by atoms with Crippen molar-refractivity contribution in [2.45, 2.75) is 11.7 Å². The molecule has 0 fully saturated rings. The Balaban J connectivity index is 3.11. The number of halogens is 1. The van der Waals surface area contributed by atoms with Crippen molar-refractivity contribution in [1.29, 1.82) is 0 Å². The van der Waals surface area contributed by atoms with E-state index in [2.05, 4.69) is 0 Å². The standard InChI is InChI=1S/C9H11ClN2O3S/c10-7-3-1-6(2-4-7)8(5-9(11)13)16(12,14)15/h1-4,8H,5H2,(H2,11,13)(H2,12,14,15). The highest BCUT2D eigenvalue weighted by molar-refractivity contribution is 7.89. The van der Waals surface area contributed by atoms with Crippen molar-refractivity contribution in [3.63, 3.8) is 0 Å². The lowest BCUT2D eigenvalue weighted by Gasteiger charge is -2.13. The van der Waals surface area contributed by atoms with Crippen LogP contribution in [-0.2, 0) is 14.8 Å². The molecule has 1 aromatic carbocycles. The molecule has 1 atom stereocenters. The Labute approximate surface area is 98.4 Å². The minimum Gasteiger partial charge on any atom is -0.370 e. The molecule has 0 aliphatic rings. The number of primary sulfonamides is 1. The number of hydrogen-bond acceptors (Lipinski definition) is 3. The molecule has 7 heteroatoms. The Kier molecular flexibility index (Phi) is 3.90. The topological polar surface area (TPSA) is 103 Å². The lowest BCUT2D eigenvalue weighted by molar-refractivity contribution is -0.118. The van der Waals surface area contributed by atoms with Gasteiger partial charge >= 0.3 is 0 Å². The molecule has 0 saturated carbocycles. The van der Waals surface area contributed by atoms with Crippen LogP contribution in [-0.4, -0.2) is 14.3 Å². The molecule has 0 saturated heterocycles. The lowest BCUT2D eigenvalue weighted by Crippen LogP contribution is -2.26. The number of carbonyl (C=O) groups is 1. The van der Waals surface area contributed by atoms with Gasteiger partial charge in [-0.1, -0.05) is 23.7 Å². The van der Waals surface area contributed by atoms with Crippen LogP contribution < -0.4 is 10.9 Å². The van der Waals surface area contributed by atoms with Crippen molar-refractivity contribution in [3.8, 4) is 0 Å². The summed E-state index contributed by atoms with van der Waals surface area (Å²) in [7, 11) is -3.87. The molecule has 0 aliphatic carbocycles. The summed E-state index contributed by atoms with van der Waals surface area (Å²) in [4.78, 5) is 10.8. The largest absolute Gasteiger partial charge is 0.370 e. The Hall–Kier alpha value is -1.11. The van der Waals surface area contributed by atoms with Crippen molar-refractivity contribution in [3.05, 3.63) is 34.9 Å². The molecule has 0 aliphatic heterocycles. The van der Waals surface area contributed by atoms with Crippen molar-refractivity contribution >= 4 is 27.5 Å². The maximum atomic E-state index is 11.3. The third-order valence-electron chi connectivity index (χ3n) is 2.02. The van der Waals surface area contributed by atoms with Crippen molar-refractivity contribution < 1.29 is 13.2 Å². The fraction of sp³-hybridized carbons (Fsp3) is 0.222. The lowest BCUT2D eigenvalue weighted by atomic mass is 10.1. The quantitative estimate of drug-likeness (QED) is 0.828. The normalized spacial score (nSPS) is 13.4. The first-order chi connectivity index (χ1) is 7.30. The highest BCUT2D eigenvalue weighted by atomic mass is 35.5. The van der Waals surface area contributed by atoms with Gasteiger partial charge in [0.15, 0.2) is 0 Å². The monoisotopic (exact) mass is 262 g/mol. The molecule has 0 radical (unpaired) electrons. The number of nitrogens with two attached hydrogens (primary N) is 2. The number of hydrogen-bond donors (Lipinski definition) is 2. The molecule has 1 aromatic rings. The van der Waals surface area contributed by atoms with Crippen LogP contribution in [0.3, 0.4) is 0 Å². The van der Waals surface area contributed by atoms with Gasteiger partial charge in [0.2, 0.25) is 15.9 Å². The molecule has 5 nitrogen and oxygen atoms in total. The van der Waals surface area contributed by atoms with Gasteiger partial charge in [-0.15, -0.1) is 0 Å². The van der Waals surface area contributed by atoms with Crippen LogP contribution >= 0.6 is 11.6 Å². The number of sulfonamides is 1. The van der Waals surface area contributed by atoms with E-state index in [1.54, 1.807) is 0 Å². The van der Waals surface area contributed by atoms with Gasteiger partial charge in [0.1, 0.15) is 5.25 Å². The van der Waals surface area contributed by atoms with E-state index in [9.17, 15) is 13.2 Å². The van der Waals surface area contributed by atoms with Crippen LogP contribution in [0.2, 0.25) is 5.02 Å². The average Bonchev–Trinajstić information content (AvgIpc) is 2.14. The molecule has 16 heavy (non-hydrogen) atoms. The summed E-state index contributed by atoms with van der Waals surface area (Å²) >= 11 is 5.66. The zero-order valence-corrected chi connectivity index (χ0v) is 9.83. The summed E-state index contributed by atoms with van der Waals surface area (Å²) in [5.74, 6) is -0.728. The second-order valence-corrected chi connectivity index (χ2v) is 5.48. The fourth-order valence-electron chi connectivity index (χ4n) is 1.28. The highest BCUT2D eigenvalue weighted by Gasteiger charge is 2.25. The maximum absolute atomic E-state index is 11.3. The minimum atomic E-state index is -3.87. The van der Waals surface area contributed by atoms with Crippen molar-refractivity contribution in [2.24, 2.45) is 10.9 Å². The van der Waals surface area contributed by atoms with Gasteiger partial charge in [0.05, 0.1) is 0 Å². The molecule has 1 rings (SSSR count). The Morgan fingerprint density at radius 3 is 2.19 bits per heavy atom. The van der Waals surface area contributed by atoms with Crippen LogP contribution in [0.4, 0.5) is 0 Å². The Bertz CT molecular complexity index is 484. The maximum Gasteiger partial charge on any atom is 0.219 e. The smallest absolute Gasteiger partial charge is 0.219 e. The van der Waals surface area contributed by atoms with Gasteiger partial charge in [0, 0.05) is 11.4 Å². The van der Waals surface area contributed by atoms with Crippen LogP contribution in [0, 0.1) is 0 Å². The molecular formula is C9H11ClN2O3S. The Morgan fingerprint density at radius 1 is 1.31 bits per heavy atom. The predicted molar refractivity (Wildman–Crippen MR) is 61.1 cm³/mol. The minimum absolute atomic E-state index is 0.347. The number of rotatable bonds is 4. The first-order valence-corrected chi connectivity index (χ1v) is 6.35. The van der Waals surface area contributed by atoms with E-state index >= 15 is 0 Å². The third kappa shape index (κ3) is 3.48. The summed E-state index contributed by atoms with van der Waals surface area (Å²) in [6.07, 6.45) is -0.347. The van der Waals surface area contributed by atoms with E-state index in [1.165, 1.54) is 24.3 Å². The van der Waals surface area contributed by atoms with Gasteiger partial charge in [0.25, 0.3) is 0 Å².